The van der Waals surface area contributed by atoms with Gasteiger partial charge in [0.2, 0.25) is 0 Å². The summed E-state index contributed by atoms with van der Waals surface area (Å²) in [6.45, 7) is 4.35. The van der Waals surface area contributed by atoms with Crippen molar-refractivity contribution in [3.05, 3.63) is 29.3 Å². The van der Waals surface area contributed by atoms with Crippen LogP contribution < -0.4 is 10.1 Å². The number of carbonyl (C=O) groups excluding carboxylic acids is 1. The summed E-state index contributed by atoms with van der Waals surface area (Å²) in [5.41, 5.74) is 1.66. The van der Waals surface area contributed by atoms with E-state index in [1.165, 1.54) is 6.42 Å². The third-order valence-corrected chi connectivity index (χ3v) is 3.69. The van der Waals surface area contributed by atoms with Gasteiger partial charge in [0.25, 0.3) is 5.91 Å². The molecule has 1 aromatic carbocycles. The number of carbonyl (C=O) groups is 1. The number of nitrogens with one attached hydrogen (secondary N) is 1. The lowest BCUT2D eigenvalue weighted by atomic mass is 9.98. The number of aryl methyl sites for hydroxylation is 1. The van der Waals surface area contributed by atoms with Crippen molar-refractivity contribution in [3.8, 4) is 5.75 Å². The molecule has 0 radical (unpaired) electrons. The fourth-order valence-corrected chi connectivity index (χ4v) is 2.52. The van der Waals surface area contributed by atoms with Crippen molar-refractivity contribution in [2.45, 2.75) is 26.2 Å². The average molecular weight is 277 g/mol. The Morgan fingerprint density at radius 1 is 1.50 bits per heavy atom. The predicted molar refractivity (Wildman–Crippen MR) is 78.2 cm³/mol. The first-order valence-corrected chi connectivity index (χ1v) is 7.21. The minimum absolute atomic E-state index is 0.0673. The monoisotopic (exact) mass is 277 g/mol. The van der Waals surface area contributed by atoms with Gasteiger partial charge in [-0.15, -0.1) is 0 Å². The van der Waals surface area contributed by atoms with Crippen LogP contribution in [0.25, 0.3) is 0 Å². The Hall–Kier alpha value is -1.55. The number of hydrogen-bond donors (Lipinski definition) is 1. The Balaban J connectivity index is 1.86. The van der Waals surface area contributed by atoms with Gasteiger partial charge >= 0.3 is 0 Å². The van der Waals surface area contributed by atoms with E-state index in [0.29, 0.717) is 23.8 Å². The molecule has 0 aromatic heterocycles. The van der Waals surface area contributed by atoms with Crippen LogP contribution in [0.3, 0.4) is 0 Å². The van der Waals surface area contributed by atoms with E-state index >= 15 is 0 Å². The van der Waals surface area contributed by atoms with E-state index in [2.05, 4.69) is 5.32 Å². The Morgan fingerprint density at radius 3 is 3.05 bits per heavy atom. The van der Waals surface area contributed by atoms with Gasteiger partial charge in [-0.3, -0.25) is 4.79 Å². The van der Waals surface area contributed by atoms with Gasteiger partial charge in [0.1, 0.15) is 5.75 Å². The molecule has 110 valence electrons. The second-order valence-electron chi connectivity index (χ2n) is 5.33. The minimum Gasteiger partial charge on any atom is -0.496 e. The summed E-state index contributed by atoms with van der Waals surface area (Å²) in [6, 6.07) is 5.63. The molecule has 0 bridgehead atoms. The van der Waals surface area contributed by atoms with Gasteiger partial charge in [0, 0.05) is 19.8 Å². The van der Waals surface area contributed by atoms with Crippen LogP contribution in [0.15, 0.2) is 18.2 Å². The standard InChI is InChI=1S/C16H23NO3/c1-12-5-6-15(19-2)14(10-12)16(18)17-8-7-13-4-3-9-20-11-13/h5-6,10,13H,3-4,7-9,11H2,1-2H3,(H,17,18)/t13-/m1/s1. The van der Waals surface area contributed by atoms with E-state index < -0.39 is 0 Å². The zero-order valence-corrected chi connectivity index (χ0v) is 12.3. The maximum atomic E-state index is 12.2. The molecule has 4 nitrogen and oxygen atoms in total. The smallest absolute Gasteiger partial charge is 0.255 e. The first-order chi connectivity index (χ1) is 9.70. The number of ether oxygens (including phenoxy) is 2. The van der Waals surface area contributed by atoms with E-state index in [4.69, 9.17) is 9.47 Å². The van der Waals surface area contributed by atoms with Crippen LogP contribution in [0.2, 0.25) is 0 Å². The van der Waals surface area contributed by atoms with Gasteiger partial charge in [-0.05, 0) is 44.2 Å². The summed E-state index contributed by atoms with van der Waals surface area (Å²) in [6.07, 6.45) is 3.30. The zero-order chi connectivity index (χ0) is 14.4. The summed E-state index contributed by atoms with van der Waals surface area (Å²) >= 11 is 0. The quantitative estimate of drug-likeness (QED) is 0.899. The van der Waals surface area contributed by atoms with Gasteiger partial charge < -0.3 is 14.8 Å². The summed E-state index contributed by atoms with van der Waals surface area (Å²) in [5.74, 6) is 1.12. The molecular formula is C16H23NO3. The first kappa shape index (κ1) is 14.9. The van der Waals surface area contributed by atoms with E-state index in [9.17, 15) is 4.79 Å². The van der Waals surface area contributed by atoms with Gasteiger partial charge in [0.15, 0.2) is 0 Å². The molecule has 1 saturated heterocycles. The molecule has 1 atom stereocenters. The molecule has 0 aliphatic carbocycles. The summed E-state index contributed by atoms with van der Waals surface area (Å²) < 4.78 is 10.7. The second kappa shape index (κ2) is 7.29. The number of hydrogen-bond acceptors (Lipinski definition) is 3. The van der Waals surface area contributed by atoms with Crippen molar-refractivity contribution >= 4 is 5.91 Å². The third-order valence-electron chi connectivity index (χ3n) is 3.69. The molecule has 1 aliphatic rings. The lowest BCUT2D eigenvalue weighted by Crippen LogP contribution is -2.28. The number of rotatable bonds is 5. The van der Waals surface area contributed by atoms with Crippen LogP contribution in [0.1, 0.15) is 35.2 Å². The van der Waals surface area contributed by atoms with Crippen molar-refractivity contribution in [2.75, 3.05) is 26.9 Å². The van der Waals surface area contributed by atoms with E-state index in [-0.39, 0.29) is 5.91 Å². The molecule has 0 unspecified atom stereocenters. The van der Waals surface area contributed by atoms with Crippen molar-refractivity contribution < 1.29 is 14.3 Å². The lowest BCUT2D eigenvalue weighted by molar-refractivity contribution is 0.0514. The number of methoxy groups -OCH3 is 1. The molecule has 0 saturated carbocycles. The van der Waals surface area contributed by atoms with Crippen LogP contribution in [-0.4, -0.2) is 32.8 Å². The highest BCUT2D eigenvalue weighted by molar-refractivity contribution is 5.97. The molecule has 1 amide bonds. The van der Waals surface area contributed by atoms with Crippen LogP contribution in [0.4, 0.5) is 0 Å². The molecular weight excluding hydrogens is 254 g/mol. The largest absolute Gasteiger partial charge is 0.496 e. The maximum absolute atomic E-state index is 12.2. The summed E-state index contributed by atoms with van der Waals surface area (Å²) in [5, 5.41) is 2.97. The highest BCUT2D eigenvalue weighted by atomic mass is 16.5. The molecule has 4 heteroatoms. The molecule has 1 fully saturated rings. The number of benzene rings is 1. The first-order valence-electron chi connectivity index (χ1n) is 7.21. The zero-order valence-electron chi connectivity index (χ0n) is 12.3. The molecule has 20 heavy (non-hydrogen) atoms. The van der Waals surface area contributed by atoms with Crippen LogP contribution in [0.5, 0.6) is 5.75 Å². The Morgan fingerprint density at radius 2 is 2.35 bits per heavy atom. The van der Waals surface area contributed by atoms with Gasteiger partial charge in [-0.1, -0.05) is 11.6 Å². The maximum Gasteiger partial charge on any atom is 0.255 e. The predicted octanol–water partition coefficient (Wildman–Crippen LogP) is 2.55. The van der Waals surface area contributed by atoms with Crippen LogP contribution in [-0.2, 0) is 4.74 Å². The van der Waals surface area contributed by atoms with Crippen molar-refractivity contribution in [2.24, 2.45) is 5.92 Å². The Bertz CT molecular complexity index is 453. The minimum atomic E-state index is -0.0673. The summed E-state index contributed by atoms with van der Waals surface area (Å²) in [4.78, 5) is 12.2. The van der Waals surface area contributed by atoms with Gasteiger partial charge in [0.05, 0.1) is 12.7 Å². The van der Waals surface area contributed by atoms with E-state index in [0.717, 1.165) is 31.6 Å². The average Bonchev–Trinajstić information content (AvgIpc) is 2.48. The van der Waals surface area contributed by atoms with E-state index in [1.54, 1.807) is 7.11 Å². The van der Waals surface area contributed by atoms with Gasteiger partial charge in [-0.2, -0.15) is 0 Å². The van der Waals surface area contributed by atoms with Crippen molar-refractivity contribution in [3.63, 3.8) is 0 Å². The highest BCUT2D eigenvalue weighted by Crippen LogP contribution is 2.20. The lowest BCUT2D eigenvalue weighted by Gasteiger charge is -2.22. The Kier molecular flexibility index (Phi) is 5.41. The topological polar surface area (TPSA) is 47.6 Å². The second-order valence-corrected chi connectivity index (χ2v) is 5.33. The molecule has 1 aromatic rings. The van der Waals surface area contributed by atoms with E-state index in [1.807, 2.05) is 25.1 Å². The normalized spacial score (nSPS) is 18.6. The number of amides is 1. The molecule has 1 N–H and O–H groups in total. The van der Waals surface area contributed by atoms with Gasteiger partial charge in [-0.25, -0.2) is 0 Å². The highest BCUT2D eigenvalue weighted by Gasteiger charge is 2.15. The fraction of sp³-hybridized carbons (Fsp3) is 0.562. The van der Waals surface area contributed by atoms with Crippen molar-refractivity contribution in [1.82, 2.24) is 5.32 Å². The fourth-order valence-electron chi connectivity index (χ4n) is 2.52. The van der Waals surface area contributed by atoms with Crippen LogP contribution >= 0.6 is 0 Å². The Labute approximate surface area is 120 Å². The third kappa shape index (κ3) is 3.97. The molecule has 1 aliphatic heterocycles. The van der Waals surface area contributed by atoms with Crippen molar-refractivity contribution in [1.29, 1.82) is 0 Å². The molecule has 1 heterocycles. The molecule has 0 spiro atoms. The van der Waals surface area contributed by atoms with Crippen LogP contribution in [0, 0.1) is 12.8 Å². The summed E-state index contributed by atoms with van der Waals surface area (Å²) in [7, 11) is 1.58. The molecule has 2 rings (SSSR count). The SMILES string of the molecule is COc1ccc(C)cc1C(=O)NCC[C@H]1CCCOC1.